The van der Waals surface area contributed by atoms with Gasteiger partial charge in [0.25, 0.3) is 0 Å². The molecule has 0 atom stereocenters. The summed E-state index contributed by atoms with van der Waals surface area (Å²) in [6.07, 6.45) is 0.855. The van der Waals surface area contributed by atoms with Gasteiger partial charge in [-0.3, -0.25) is 0 Å². The van der Waals surface area contributed by atoms with E-state index in [9.17, 15) is 0 Å². The first-order valence-corrected chi connectivity index (χ1v) is 4.68. The third-order valence-electron chi connectivity index (χ3n) is 2.08. The maximum absolute atomic E-state index is 4.12. The molecule has 1 heterocycles. The molecule has 0 aliphatic heterocycles. The van der Waals surface area contributed by atoms with Crippen LogP contribution in [0.5, 0.6) is 0 Å². The molecule has 2 rings (SSSR count). The van der Waals surface area contributed by atoms with Gasteiger partial charge in [0.1, 0.15) is 0 Å². The van der Waals surface area contributed by atoms with Crippen molar-refractivity contribution >= 4 is 0 Å². The number of aryl methyl sites for hydroxylation is 1. The second-order valence-electron chi connectivity index (χ2n) is 3.33. The fourth-order valence-electron chi connectivity index (χ4n) is 1.33. The molecule has 0 radical (unpaired) electrons. The van der Waals surface area contributed by atoms with Gasteiger partial charge in [0.15, 0.2) is 0 Å². The van der Waals surface area contributed by atoms with Crippen molar-refractivity contribution in [1.82, 2.24) is 10.2 Å². The highest BCUT2D eigenvalue weighted by Gasteiger charge is 1.96. The fourth-order valence-corrected chi connectivity index (χ4v) is 1.33. The summed E-state index contributed by atoms with van der Waals surface area (Å²) < 4.78 is 0. The van der Waals surface area contributed by atoms with Gasteiger partial charge in [0, 0.05) is 6.42 Å². The average molecular weight is 184 g/mol. The Bertz CT molecular complexity index is 392. The lowest BCUT2D eigenvalue weighted by atomic mass is 10.1. The predicted molar refractivity (Wildman–Crippen MR) is 56.0 cm³/mol. The summed E-state index contributed by atoms with van der Waals surface area (Å²) in [5.41, 5.74) is 3.24. The Hall–Kier alpha value is -1.70. The molecule has 1 aromatic carbocycles. The van der Waals surface area contributed by atoms with Crippen LogP contribution in [0.25, 0.3) is 0 Å². The molecule has 0 aliphatic rings. The van der Waals surface area contributed by atoms with E-state index in [0.29, 0.717) is 0 Å². The van der Waals surface area contributed by atoms with Crippen molar-refractivity contribution in [3.05, 3.63) is 59.4 Å². The number of nitrogens with zero attached hydrogens (tertiary/aromatic N) is 2. The smallest absolute Gasteiger partial charge is 0.0675 e. The third kappa shape index (κ3) is 2.16. The van der Waals surface area contributed by atoms with Gasteiger partial charge in [0.2, 0.25) is 0 Å². The summed E-state index contributed by atoms with van der Waals surface area (Å²) in [4.78, 5) is 0. The van der Waals surface area contributed by atoms with Crippen molar-refractivity contribution in [3.8, 4) is 0 Å². The third-order valence-corrected chi connectivity index (χ3v) is 2.08. The maximum Gasteiger partial charge on any atom is 0.0675 e. The lowest BCUT2D eigenvalue weighted by molar-refractivity contribution is 0.907. The molecule has 2 heteroatoms. The molecule has 0 amide bonds. The lowest BCUT2D eigenvalue weighted by Crippen LogP contribution is -1.95. The Labute approximate surface area is 83.6 Å². The molecule has 0 saturated heterocycles. The molecule has 0 spiro atoms. The number of rotatable bonds is 2. The van der Waals surface area contributed by atoms with Crippen LogP contribution in [0.3, 0.4) is 0 Å². The normalized spacial score (nSPS) is 10.1. The Kier molecular flexibility index (Phi) is 2.54. The van der Waals surface area contributed by atoms with Crippen LogP contribution in [0, 0.1) is 6.92 Å². The molecule has 2 nitrogen and oxygen atoms in total. The molecule has 0 aliphatic carbocycles. The van der Waals surface area contributed by atoms with Crippen LogP contribution in [0.15, 0.2) is 42.5 Å². The number of benzene rings is 1. The largest absolute Gasteiger partial charge is 0.156 e. The van der Waals surface area contributed by atoms with Crippen molar-refractivity contribution < 1.29 is 0 Å². The summed E-state index contributed by atoms with van der Waals surface area (Å²) in [5, 5.41) is 8.15. The highest BCUT2D eigenvalue weighted by molar-refractivity contribution is 5.21. The highest BCUT2D eigenvalue weighted by atomic mass is 15.1. The summed E-state index contributed by atoms with van der Waals surface area (Å²) in [6.45, 7) is 1.94. The monoisotopic (exact) mass is 184 g/mol. The average Bonchev–Trinajstić information content (AvgIpc) is 2.23. The van der Waals surface area contributed by atoms with E-state index in [1.807, 2.05) is 37.3 Å². The first kappa shape index (κ1) is 8.88. The zero-order chi connectivity index (χ0) is 9.80. The molecule has 0 fully saturated rings. The zero-order valence-corrected chi connectivity index (χ0v) is 8.14. The van der Waals surface area contributed by atoms with Crippen molar-refractivity contribution in [2.24, 2.45) is 0 Å². The van der Waals surface area contributed by atoms with Crippen LogP contribution >= 0.6 is 0 Å². The molecule has 0 saturated carbocycles. The van der Waals surface area contributed by atoms with E-state index in [1.165, 1.54) is 5.56 Å². The molecule has 2 aromatic rings. The van der Waals surface area contributed by atoms with Crippen LogP contribution in [-0.4, -0.2) is 10.2 Å². The van der Waals surface area contributed by atoms with Gasteiger partial charge in [-0.15, -0.1) is 0 Å². The summed E-state index contributed by atoms with van der Waals surface area (Å²) >= 11 is 0. The van der Waals surface area contributed by atoms with E-state index < -0.39 is 0 Å². The van der Waals surface area contributed by atoms with Crippen LogP contribution < -0.4 is 0 Å². The van der Waals surface area contributed by atoms with Gasteiger partial charge in [-0.1, -0.05) is 30.3 Å². The minimum absolute atomic E-state index is 0.855. The topological polar surface area (TPSA) is 25.8 Å². The van der Waals surface area contributed by atoms with Crippen molar-refractivity contribution in [1.29, 1.82) is 0 Å². The van der Waals surface area contributed by atoms with Crippen LogP contribution in [0.1, 0.15) is 17.0 Å². The number of aromatic nitrogens is 2. The molecule has 0 bridgehead atoms. The van der Waals surface area contributed by atoms with Gasteiger partial charge in [0.05, 0.1) is 11.4 Å². The predicted octanol–water partition coefficient (Wildman–Crippen LogP) is 2.38. The number of hydrogen-bond acceptors (Lipinski definition) is 2. The summed E-state index contributed by atoms with van der Waals surface area (Å²) in [6, 6.07) is 14.3. The van der Waals surface area contributed by atoms with Gasteiger partial charge in [-0.25, -0.2) is 0 Å². The minimum Gasteiger partial charge on any atom is -0.156 e. The van der Waals surface area contributed by atoms with Gasteiger partial charge in [-0.2, -0.15) is 10.2 Å². The van der Waals surface area contributed by atoms with Crippen LogP contribution in [-0.2, 0) is 6.42 Å². The van der Waals surface area contributed by atoms with Crippen molar-refractivity contribution in [2.75, 3.05) is 0 Å². The SMILES string of the molecule is Cc1ccc(Cc2ccccc2)nn1. The molecule has 14 heavy (non-hydrogen) atoms. The number of hydrogen-bond donors (Lipinski definition) is 0. The Morgan fingerprint density at radius 3 is 2.36 bits per heavy atom. The first-order chi connectivity index (χ1) is 6.84. The maximum atomic E-state index is 4.12. The Balaban J connectivity index is 2.16. The Morgan fingerprint density at radius 2 is 1.71 bits per heavy atom. The first-order valence-electron chi connectivity index (χ1n) is 4.68. The standard InChI is InChI=1S/C12H12N2/c1-10-7-8-12(14-13-10)9-11-5-3-2-4-6-11/h2-8H,9H2,1H3. The van der Waals surface area contributed by atoms with E-state index in [4.69, 9.17) is 0 Å². The highest BCUT2D eigenvalue weighted by Crippen LogP contribution is 2.05. The van der Waals surface area contributed by atoms with E-state index >= 15 is 0 Å². The molecule has 0 unspecified atom stereocenters. The fraction of sp³-hybridized carbons (Fsp3) is 0.167. The Morgan fingerprint density at radius 1 is 0.929 bits per heavy atom. The van der Waals surface area contributed by atoms with Gasteiger partial charge in [-0.05, 0) is 24.6 Å². The molecule has 70 valence electrons. The van der Waals surface area contributed by atoms with E-state index in [0.717, 1.165) is 17.8 Å². The van der Waals surface area contributed by atoms with Crippen molar-refractivity contribution in [3.63, 3.8) is 0 Å². The van der Waals surface area contributed by atoms with Gasteiger partial charge < -0.3 is 0 Å². The van der Waals surface area contributed by atoms with E-state index in [1.54, 1.807) is 0 Å². The quantitative estimate of drug-likeness (QED) is 0.716. The van der Waals surface area contributed by atoms with Crippen molar-refractivity contribution in [2.45, 2.75) is 13.3 Å². The van der Waals surface area contributed by atoms with Crippen LogP contribution in [0.2, 0.25) is 0 Å². The summed E-state index contributed by atoms with van der Waals surface area (Å²) in [7, 11) is 0. The van der Waals surface area contributed by atoms with Crippen LogP contribution in [0.4, 0.5) is 0 Å². The van der Waals surface area contributed by atoms with E-state index in [-0.39, 0.29) is 0 Å². The second-order valence-corrected chi connectivity index (χ2v) is 3.33. The molecule has 0 N–H and O–H groups in total. The lowest BCUT2D eigenvalue weighted by Gasteiger charge is -1.99. The molecule has 1 aromatic heterocycles. The minimum atomic E-state index is 0.855. The summed E-state index contributed by atoms with van der Waals surface area (Å²) in [5.74, 6) is 0. The van der Waals surface area contributed by atoms with Gasteiger partial charge >= 0.3 is 0 Å². The zero-order valence-electron chi connectivity index (χ0n) is 8.14. The van der Waals surface area contributed by atoms with E-state index in [2.05, 4.69) is 22.3 Å². The second kappa shape index (κ2) is 4.01. The molecular formula is C12H12N2. The molecular weight excluding hydrogens is 172 g/mol.